The topological polar surface area (TPSA) is 49.4 Å². The van der Waals surface area contributed by atoms with Crippen molar-refractivity contribution in [3.05, 3.63) is 69.8 Å². The maximum atomic E-state index is 13.0. The van der Waals surface area contributed by atoms with Gasteiger partial charge in [0, 0.05) is 30.4 Å². The van der Waals surface area contributed by atoms with E-state index < -0.39 is 22.7 Å². The molecule has 0 radical (unpaired) electrons. The molecule has 8 heteroatoms. The van der Waals surface area contributed by atoms with Crippen LogP contribution in [0.1, 0.15) is 39.9 Å². The van der Waals surface area contributed by atoms with Crippen molar-refractivity contribution < 1.29 is 22.8 Å². The molecule has 1 saturated heterocycles. The van der Waals surface area contributed by atoms with E-state index in [1.165, 1.54) is 12.1 Å². The van der Waals surface area contributed by atoms with Crippen LogP contribution in [0.15, 0.2) is 42.5 Å². The Morgan fingerprint density at radius 3 is 2.50 bits per heavy atom. The number of amides is 2. The Morgan fingerprint density at radius 2 is 1.83 bits per heavy atom. The van der Waals surface area contributed by atoms with E-state index in [4.69, 9.17) is 11.6 Å². The van der Waals surface area contributed by atoms with Gasteiger partial charge in [0.15, 0.2) is 0 Å². The van der Waals surface area contributed by atoms with E-state index in [1.807, 2.05) is 0 Å². The molecule has 1 N–H and O–H groups in total. The fourth-order valence-corrected chi connectivity index (χ4v) is 3.53. The number of benzene rings is 2. The summed E-state index contributed by atoms with van der Waals surface area (Å²) >= 11 is 5.60. The number of alkyl halides is 3. The second-order valence-corrected chi connectivity index (χ2v) is 7.44. The lowest BCUT2D eigenvalue weighted by atomic mass is 10.1. The van der Waals surface area contributed by atoms with Crippen LogP contribution < -0.4 is 5.32 Å². The molecule has 4 nitrogen and oxygen atoms in total. The highest BCUT2D eigenvalue weighted by molar-refractivity contribution is 6.31. The number of hydrogen-bond donors (Lipinski definition) is 1. The molecule has 0 aliphatic carbocycles. The summed E-state index contributed by atoms with van der Waals surface area (Å²) in [6.07, 6.45) is -0.213. The fourth-order valence-electron chi connectivity index (χ4n) is 3.30. The number of likely N-dealkylation sites (tertiary alicyclic amines) is 1. The molecule has 3 rings (SSSR count). The minimum Gasteiger partial charge on any atom is -0.339 e. The Bertz CT molecular complexity index is 996. The summed E-state index contributed by atoms with van der Waals surface area (Å²) in [6.45, 7) is 3.19. The lowest BCUT2D eigenvalue weighted by molar-refractivity contribution is -0.137. The highest BCUT2D eigenvalue weighted by Gasteiger charge is 2.33. The Labute approximate surface area is 177 Å². The molecule has 1 heterocycles. The zero-order chi connectivity index (χ0) is 21.9. The Balaban J connectivity index is 1.74. The van der Waals surface area contributed by atoms with Gasteiger partial charge in [0.1, 0.15) is 0 Å². The van der Waals surface area contributed by atoms with Gasteiger partial charge >= 0.3 is 6.18 Å². The monoisotopic (exact) mass is 436 g/mol. The van der Waals surface area contributed by atoms with Gasteiger partial charge in [0.25, 0.3) is 5.91 Å². The number of nitrogens with zero attached hydrogens (tertiary/aromatic N) is 1. The van der Waals surface area contributed by atoms with E-state index in [2.05, 4.69) is 5.32 Å². The van der Waals surface area contributed by atoms with Gasteiger partial charge in [-0.2, -0.15) is 13.2 Å². The van der Waals surface area contributed by atoms with E-state index in [0.717, 1.165) is 44.1 Å². The zero-order valence-electron chi connectivity index (χ0n) is 16.2. The molecule has 0 atom stereocenters. The van der Waals surface area contributed by atoms with E-state index in [1.54, 1.807) is 30.0 Å². The van der Waals surface area contributed by atoms with E-state index >= 15 is 0 Å². The van der Waals surface area contributed by atoms with Crippen LogP contribution in [0.25, 0.3) is 6.08 Å². The van der Waals surface area contributed by atoms with Crippen LogP contribution in [0.4, 0.5) is 18.9 Å². The number of carbonyl (C=O) groups excluding carboxylic acids is 2. The Morgan fingerprint density at radius 1 is 1.13 bits per heavy atom. The minimum atomic E-state index is -4.58. The highest BCUT2D eigenvalue weighted by Crippen LogP contribution is 2.35. The summed E-state index contributed by atoms with van der Waals surface area (Å²) in [5, 5.41) is 2.27. The molecule has 158 valence electrons. The molecule has 0 bridgehead atoms. The molecule has 1 aliphatic heterocycles. The van der Waals surface area contributed by atoms with E-state index in [0.29, 0.717) is 16.8 Å². The first-order valence-corrected chi connectivity index (χ1v) is 9.79. The molecule has 2 aromatic carbocycles. The third-order valence-electron chi connectivity index (χ3n) is 4.94. The zero-order valence-corrected chi connectivity index (χ0v) is 17.0. The van der Waals surface area contributed by atoms with E-state index in [9.17, 15) is 22.8 Å². The van der Waals surface area contributed by atoms with Crippen molar-refractivity contribution in [2.75, 3.05) is 18.4 Å². The van der Waals surface area contributed by atoms with Crippen molar-refractivity contribution in [1.82, 2.24) is 4.90 Å². The minimum absolute atomic E-state index is 0.0718. The molecule has 0 unspecified atom stereocenters. The van der Waals surface area contributed by atoms with Gasteiger partial charge in [-0.15, -0.1) is 0 Å². The number of halogens is 4. The van der Waals surface area contributed by atoms with Crippen LogP contribution >= 0.6 is 11.6 Å². The maximum absolute atomic E-state index is 13.0. The number of carbonyl (C=O) groups is 2. The smallest absolute Gasteiger partial charge is 0.339 e. The molecular formula is C22H20ClF3N2O2. The third-order valence-corrected chi connectivity index (χ3v) is 5.27. The van der Waals surface area contributed by atoms with Crippen molar-refractivity contribution in [2.45, 2.75) is 25.9 Å². The average molecular weight is 437 g/mol. The molecule has 0 saturated carbocycles. The highest BCUT2D eigenvalue weighted by atomic mass is 35.5. The van der Waals surface area contributed by atoms with Crippen molar-refractivity contribution in [1.29, 1.82) is 0 Å². The molecule has 2 aromatic rings. The summed E-state index contributed by atoms with van der Waals surface area (Å²) in [6, 6.07) is 8.48. The summed E-state index contributed by atoms with van der Waals surface area (Å²) < 4.78 is 38.9. The van der Waals surface area contributed by atoms with Crippen molar-refractivity contribution in [3.63, 3.8) is 0 Å². The summed E-state index contributed by atoms with van der Waals surface area (Å²) in [4.78, 5) is 26.7. The summed E-state index contributed by atoms with van der Waals surface area (Å²) in [7, 11) is 0. The van der Waals surface area contributed by atoms with Crippen LogP contribution in [0.3, 0.4) is 0 Å². The number of anilines is 1. The third kappa shape index (κ3) is 5.02. The van der Waals surface area contributed by atoms with Crippen molar-refractivity contribution in [2.24, 2.45) is 0 Å². The lowest BCUT2D eigenvalue weighted by Crippen LogP contribution is -2.28. The Hall–Kier alpha value is -2.80. The quantitative estimate of drug-likeness (QED) is 0.638. The van der Waals surface area contributed by atoms with E-state index in [-0.39, 0.29) is 11.5 Å². The predicted octanol–water partition coefficient (Wildman–Crippen LogP) is 5.56. The van der Waals surface area contributed by atoms with Gasteiger partial charge in [0.2, 0.25) is 5.91 Å². The van der Waals surface area contributed by atoms with Crippen LogP contribution in [0.2, 0.25) is 5.02 Å². The van der Waals surface area contributed by atoms with Gasteiger partial charge in [-0.3, -0.25) is 9.59 Å². The second-order valence-electron chi connectivity index (χ2n) is 7.04. The maximum Gasteiger partial charge on any atom is 0.417 e. The van der Waals surface area contributed by atoms with Gasteiger partial charge in [-0.05, 0) is 61.2 Å². The standard InChI is InChI=1S/C22H20ClF3N2O2/c1-14-16(21(30)28-11-2-3-12-28)5-4-6-19(14)27-20(29)10-8-15-7-9-18(23)17(13-15)22(24,25)26/h4-10,13H,2-3,11-12H2,1H3,(H,27,29)/b10-8+. The van der Waals surface area contributed by atoms with Crippen LogP contribution in [0, 0.1) is 6.92 Å². The number of rotatable bonds is 4. The summed E-state index contributed by atoms with van der Waals surface area (Å²) in [5.41, 5.74) is 0.863. The fraction of sp³-hybridized carbons (Fsp3) is 0.273. The van der Waals surface area contributed by atoms with Gasteiger partial charge in [-0.1, -0.05) is 23.7 Å². The average Bonchev–Trinajstić information content (AvgIpc) is 3.22. The van der Waals surface area contributed by atoms with Gasteiger partial charge in [0.05, 0.1) is 10.6 Å². The Kier molecular flexibility index (Phi) is 6.51. The normalized spacial score (nSPS) is 14.4. The van der Waals surface area contributed by atoms with Crippen molar-refractivity contribution in [3.8, 4) is 0 Å². The van der Waals surface area contributed by atoms with Crippen LogP contribution in [-0.2, 0) is 11.0 Å². The van der Waals surface area contributed by atoms with Crippen LogP contribution in [0.5, 0.6) is 0 Å². The molecule has 30 heavy (non-hydrogen) atoms. The molecule has 1 fully saturated rings. The van der Waals surface area contributed by atoms with Crippen molar-refractivity contribution >= 4 is 35.2 Å². The van der Waals surface area contributed by atoms with Crippen LogP contribution in [-0.4, -0.2) is 29.8 Å². The molecule has 1 aliphatic rings. The second kappa shape index (κ2) is 8.92. The predicted molar refractivity (Wildman–Crippen MR) is 110 cm³/mol. The molecule has 0 spiro atoms. The molecule has 0 aromatic heterocycles. The SMILES string of the molecule is Cc1c(NC(=O)/C=C/c2ccc(Cl)c(C(F)(F)F)c2)cccc1C(=O)N1CCCC1. The first-order chi connectivity index (χ1) is 14.2. The molecule has 2 amide bonds. The number of hydrogen-bond acceptors (Lipinski definition) is 2. The largest absolute Gasteiger partial charge is 0.417 e. The number of nitrogens with one attached hydrogen (secondary N) is 1. The van der Waals surface area contributed by atoms with Gasteiger partial charge in [-0.25, -0.2) is 0 Å². The first-order valence-electron chi connectivity index (χ1n) is 9.41. The molecular weight excluding hydrogens is 417 g/mol. The lowest BCUT2D eigenvalue weighted by Gasteiger charge is -2.18. The van der Waals surface area contributed by atoms with Gasteiger partial charge < -0.3 is 10.2 Å². The summed E-state index contributed by atoms with van der Waals surface area (Å²) in [5.74, 6) is -0.593. The first kappa shape index (κ1) is 21.9.